The van der Waals surface area contributed by atoms with Crippen molar-refractivity contribution in [1.82, 2.24) is 9.88 Å². The third kappa shape index (κ3) is 4.90. The van der Waals surface area contributed by atoms with E-state index in [1.54, 1.807) is 11.3 Å². The summed E-state index contributed by atoms with van der Waals surface area (Å²) in [7, 11) is 0. The highest BCUT2D eigenvalue weighted by molar-refractivity contribution is 7.16. The molecule has 5 nitrogen and oxygen atoms in total. The molecule has 0 bridgehead atoms. The number of carbonyl (C=O) groups is 1. The molecular formula is C20H27N3O2S. The summed E-state index contributed by atoms with van der Waals surface area (Å²) >= 11 is 1.54. The predicted octanol–water partition coefficient (Wildman–Crippen LogP) is 3.79. The van der Waals surface area contributed by atoms with Crippen molar-refractivity contribution >= 4 is 22.4 Å². The quantitative estimate of drug-likeness (QED) is 0.837. The van der Waals surface area contributed by atoms with Crippen LogP contribution >= 0.6 is 11.3 Å². The van der Waals surface area contributed by atoms with E-state index in [9.17, 15) is 4.79 Å². The highest BCUT2D eigenvalue weighted by Crippen LogP contribution is 2.32. The number of amides is 1. The first-order valence-corrected chi connectivity index (χ1v) is 9.99. The lowest BCUT2D eigenvalue weighted by molar-refractivity contribution is -0.116. The van der Waals surface area contributed by atoms with E-state index in [1.165, 1.54) is 11.1 Å². The van der Waals surface area contributed by atoms with Gasteiger partial charge >= 0.3 is 0 Å². The van der Waals surface area contributed by atoms with Gasteiger partial charge in [0, 0.05) is 30.0 Å². The Balaban J connectivity index is 1.56. The molecule has 3 rings (SSSR count). The molecule has 1 amide bonds. The molecule has 0 unspecified atom stereocenters. The van der Waals surface area contributed by atoms with Gasteiger partial charge < -0.3 is 10.1 Å². The van der Waals surface area contributed by atoms with Gasteiger partial charge in [-0.05, 0) is 45.4 Å². The van der Waals surface area contributed by atoms with Gasteiger partial charge in [-0.15, -0.1) is 11.3 Å². The molecule has 0 spiro atoms. The molecule has 140 valence electrons. The largest absolute Gasteiger partial charge is 0.379 e. The molecule has 0 saturated carbocycles. The zero-order valence-electron chi connectivity index (χ0n) is 15.8. The van der Waals surface area contributed by atoms with Crippen molar-refractivity contribution in [1.29, 1.82) is 0 Å². The van der Waals surface area contributed by atoms with Crippen LogP contribution in [0.15, 0.2) is 18.2 Å². The summed E-state index contributed by atoms with van der Waals surface area (Å²) in [5, 5.41) is 3.66. The molecule has 0 aliphatic carbocycles. The summed E-state index contributed by atoms with van der Waals surface area (Å²) in [5.74, 6) is 0.0412. The number of morpholine rings is 1. The maximum Gasteiger partial charge on any atom is 0.226 e. The van der Waals surface area contributed by atoms with Crippen LogP contribution in [-0.2, 0) is 9.53 Å². The molecule has 1 aromatic heterocycles. The first kappa shape index (κ1) is 19.0. The highest BCUT2D eigenvalue weighted by atomic mass is 32.1. The zero-order chi connectivity index (χ0) is 18.5. The Labute approximate surface area is 159 Å². The SMILES string of the molecule is Cc1ccc(C)c(-c2nc(NC(=O)CCCN3CCOCC3)sc2C)c1. The number of aromatic nitrogens is 1. The summed E-state index contributed by atoms with van der Waals surface area (Å²) in [5.41, 5.74) is 4.53. The predicted molar refractivity (Wildman–Crippen MR) is 107 cm³/mol. The minimum atomic E-state index is 0.0412. The summed E-state index contributed by atoms with van der Waals surface area (Å²) in [6.07, 6.45) is 1.38. The number of nitrogens with zero attached hydrogens (tertiary/aromatic N) is 2. The molecule has 6 heteroatoms. The van der Waals surface area contributed by atoms with E-state index in [0.717, 1.165) is 55.4 Å². The molecule has 1 saturated heterocycles. The smallest absolute Gasteiger partial charge is 0.226 e. The molecule has 2 heterocycles. The van der Waals surface area contributed by atoms with E-state index in [-0.39, 0.29) is 5.91 Å². The fourth-order valence-corrected chi connectivity index (χ4v) is 4.00. The Hall–Kier alpha value is -1.76. The maximum absolute atomic E-state index is 12.2. The molecule has 0 atom stereocenters. The molecule has 0 radical (unpaired) electrons. The summed E-state index contributed by atoms with van der Waals surface area (Å²) in [6, 6.07) is 6.39. The number of hydrogen-bond donors (Lipinski definition) is 1. The monoisotopic (exact) mass is 373 g/mol. The van der Waals surface area contributed by atoms with Gasteiger partial charge in [-0.1, -0.05) is 17.7 Å². The van der Waals surface area contributed by atoms with Crippen LogP contribution in [0.5, 0.6) is 0 Å². The van der Waals surface area contributed by atoms with Gasteiger partial charge in [-0.25, -0.2) is 4.98 Å². The number of ether oxygens (including phenoxy) is 1. The van der Waals surface area contributed by atoms with Crippen molar-refractivity contribution in [3.63, 3.8) is 0 Å². The number of hydrogen-bond acceptors (Lipinski definition) is 5. The summed E-state index contributed by atoms with van der Waals surface area (Å²) < 4.78 is 5.34. The molecule has 1 aliphatic rings. The molecule has 1 aromatic carbocycles. The van der Waals surface area contributed by atoms with Crippen molar-refractivity contribution in [3.8, 4) is 11.3 Å². The molecule has 26 heavy (non-hydrogen) atoms. The lowest BCUT2D eigenvalue weighted by Crippen LogP contribution is -2.37. The Morgan fingerprint density at radius 3 is 2.81 bits per heavy atom. The van der Waals surface area contributed by atoms with E-state index >= 15 is 0 Å². The third-order valence-electron chi connectivity index (χ3n) is 4.67. The Morgan fingerprint density at radius 2 is 2.04 bits per heavy atom. The second-order valence-electron chi connectivity index (χ2n) is 6.85. The Bertz CT molecular complexity index is 766. The number of anilines is 1. The average Bonchev–Trinajstić information content (AvgIpc) is 2.98. The lowest BCUT2D eigenvalue weighted by atomic mass is 10.0. The Morgan fingerprint density at radius 1 is 1.27 bits per heavy atom. The van der Waals surface area contributed by atoms with Gasteiger partial charge in [0.05, 0.1) is 18.9 Å². The van der Waals surface area contributed by atoms with Gasteiger partial charge in [0.2, 0.25) is 5.91 Å². The van der Waals surface area contributed by atoms with E-state index in [0.29, 0.717) is 11.6 Å². The van der Waals surface area contributed by atoms with Gasteiger partial charge in [-0.2, -0.15) is 0 Å². The van der Waals surface area contributed by atoms with Crippen molar-refractivity contribution in [2.75, 3.05) is 38.2 Å². The first-order chi connectivity index (χ1) is 12.5. The molecule has 2 aromatic rings. The van der Waals surface area contributed by atoms with Gasteiger partial charge in [0.25, 0.3) is 0 Å². The number of rotatable bonds is 6. The van der Waals surface area contributed by atoms with Gasteiger partial charge in [0.1, 0.15) is 0 Å². The van der Waals surface area contributed by atoms with Crippen molar-refractivity contribution in [2.45, 2.75) is 33.6 Å². The van der Waals surface area contributed by atoms with Crippen molar-refractivity contribution in [2.24, 2.45) is 0 Å². The average molecular weight is 374 g/mol. The minimum Gasteiger partial charge on any atom is -0.379 e. The number of carbonyl (C=O) groups excluding carboxylic acids is 1. The first-order valence-electron chi connectivity index (χ1n) is 9.18. The Kier molecular flexibility index (Phi) is 6.40. The van der Waals surface area contributed by atoms with Crippen LogP contribution in [0.3, 0.4) is 0 Å². The van der Waals surface area contributed by atoms with Crippen LogP contribution in [-0.4, -0.2) is 48.6 Å². The lowest BCUT2D eigenvalue weighted by Gasteiger charge is -2.26. The third-order valence-corrected chi connectivity index (χ3v) is 5.56. The van der Waals surface area contributed by atoms with Crippen LogP contribution in [0.25, 0.3) is 11.3 Å². The van der Waals surface area contributed by atoms with Crippen LogP contribution in [0, 0.1) is 20.8 Å². The fourth-order valence-electron chi connectivity index (χ4n) is 3.16. The highest BCUT2D eigenvalue weighted by Gasteiger charge is 2.15. The summed E-state index contributed by atoms with van der Waals surface area (Å²) in [6.45, 7) is 10.7. The van der Waals surface area contributed by atoms with Crippen LogP contribution in [0.4, 0.5) is 5.13 Å². The van der Waals surface area contributed by atoms with Crippen LogP contribution in [0.1, 0.15) is 28.8 Å². The van der Waals surface area contributed by atoms with Crippen molar-refractivity contribution in [3.05, 3.63) is 34.2 Å². The van der Waals surface area contributed by atoms with Gasteiger partial charge in [0.15, 0.2) is 5.13 Å². The topological polar surface area (TPSA) is 54.5 Å². The number of thiazole rings is 1. The standard InChI is InChI=1S/C20H27N3O2S/c1-14-6-7-15(2)17(13-14)19-16(3)26-20(22-19)21-18(24)5-4-8-23-9-11-25-12-10-23/h6-7,13H,4-5,8-12H2,1-3H3,(H,21,22,24). The molecule has 1 aliphatic heterocycles. The summed E-state index contributed by atoms with van der Waals surface area (Å²) in [4.78, 5) is 20.4. The van der Waals surface area contributed by atoms with Crippen LogP contribution in [0.2, 0.25) is 0 Å². The molecular weight excluding hydrogens is 346 g/mol. The van der Waals surface area contributed by atoms with Gasteiger partial charge in [-0.3, -0.25) is 9.69 Å². The van der Waals surface area contributed by atoms with Crippen LogP contribution < -0.4 is 5.32 Å². The van der Waals surface area contributed by atoms with E-state index in [2.05, 4.69) is 54.2 Å². The van der Waals surface area contributed by atoms with E-state index in [4.69, 9.17) is 4.74 Å². The maximum atomic E-state index is 12.2. The second kappa shape index (κ2) is 8.75. The number of aryl methyl sites for hydroxylation is 3. The molecule has 1 N–H and O–H groups in total. The zero-order valence-corrected chi connectivity index (χ0v) is 16.6. The number of benzene rings is 1. The minimum absolute atomic E-state index is 0.0412. The van der Waals surface area contributed by atoms with E-state index < -0.39 is 0 Å². The molecule has 1 fully saturated rings. The second-order valence-corrected chi connectivity index (χ2v) is 8.05. The fraction of sp³-hybridized carbons (Fsp3) is 0.500. The number of nitrogens with one attached hydrogen (secondary N) is 1. The van der Waals surface area contributed by atoms with Crippen molar-refractivity contribution < 1.29 is 9.53 Å². The normalized spacial score (nSPS) is 15.2. The van der Waals surface area contributed by atoms with E-state index in [1.807, 2.05) is 0 Å².